The van der Waals surface area contributed by atoms with Crippen molar-refractivity contribution < 1.29 is 9.32 Å². The summed E-state index contributed by atoms with van der Waals surface area (Å²) < 4.78 is 4.82. The Balaban J connectivity index is 1.87. The second-order valence-electron chi connectivity index (χ2n) is 5.47. The molecule has 1 aromatic heterocycles. The fourth-order valence-electron chi connectivity index (χ4n) is 2.61. The van der Waals surface area contributed by atoms with E-state index in [9.17, 15) is 4.79 Å². The molecule has 22 heavy (non-hydrogen) atoms. The Morgan fingerprint density at radius 2 is 2.27 bits per heavy atom. The van der Waals surface area contributed by atoms with Gasteiger partial charge in [0, 0.05) is 39.2 Å². The van der Waals surface area contributed by atoms with Crippen molar-refractivity contribution >= 4 is 11.9 Å². The second kappa shape index (κ2) is 8.41. The normalized spacial score (nSPS) is 16.6. The molecule has 1 saturated heterocycles. The maximum absolute atomic E-state index is 11.5. The SMILES string of the molecule is CCNC(=NCc1ccon1)N1CCC(CC(=O)NC)CC1. The Bertz CT molecular complexity index is 478. The van der Waals surface area contributed by atoms with Gasteiger partial charge in [0.2, 0.25) is 5.91 Å². The molecular formula is C15H25N5O2. The van der Waals surface area contributed by atoms with Gasteiger partial charge in [-0.3, -0.25) is 4.79 Å². The Morgan fingerprint density at radius 3 is 2.86 bits per heavy atom. The molecule has 0 unspecified atom stereocenters. The lowest BCUT2D eigenvalue weighted by Gasteiger charge is -2.34. The van der Waals surface area contributed by atoms with Gasteiger partial charge in [0.05, 0.1) is 6.54 Å². The third-order valence-corrected chi connectivity index (χ3v) is 3.88. The number of carbonyl (C=O) groups excluding carboxylic acids is 1. The summed E-state index contributed by atoms with van der Waals surface area (Å²) in [5.41, 5.74) is 0.824. The molecule has 0 radical (unpaired) electrons. The van der Waals surface area contributed by atoms with Crippen LogP contribution in [0.5, 0.6) is 0 Å². The van der Waals surface area contributed by atoms with Crippen LogP contribution in [0.25, 0.3) is 0 Å². The minimum atomic E-state index is 0.130. The van der Waals surface area contributed by atoms with Crippen molar-refractivity contribution in [2.75, 3.05) is 26.7 Å². The lowest BCUT2D eigenvalue weighted by atomic mass is 9.93. The summed E-state index contributed by atoms with van der Waals surface area (Å²) in [6.07, 6.45) is 4.21. The van der Waals surface area contributed by atoms with Crippen LogP contribution in [-0.4, -0.2) is 48.6 Å². The summed E-state index contributed by atoms with van der Waals surface area (Å²) in [7, 11) is 1.69. The molecule has 1 amide bonds. The van der Waals surface area contributed by atoms with Crippen molar-refractivity contribution in [2.24, 2.45) is 10.9 Å². The van der Waals surface area contributed by atoms with E-state index in [0.717, 1.165) is 44.1 Å². The first-order valence-corrected chi connectivity index (χ1v) is 7.86. The fourth-order valence-corrected chi connectivity index (χ4v) is 2.61. The first kappa shape index (κ1) is 16.3. The Hall–Kier alpha value is -2.05. The predicted octanol–water partition coefficient (Wildman–Crippen LogP) is 0.988. The molecule has 0 saturated carbocycles. The van der Waals surface area contributed by atoms with E-state index in [4.69, 9.17) is 4.52 Å². The number of aliphatic imine (C=N–C) groups is 1. The zero-order valence-corrected chi connectivity index (χ0v) is 13.3. The monoisotopic (exact) mass is 307 g/mol. The number of guanidine groups is 1. The first-order chi connectivity index (χ1) is 10.7. The van der Waals surface area contributed by atoms with E-state index in [1.807, 2.05) is 6.07 Å². The summed E-state index contributed by atoms with van der Waals surface area (Å²) in [6.45, 7) is 5.25. The summed E-state index contributed by atoms with van der Waals surface area (Å²) in [5, 5.41) is 9.89. The van der Waals surface area contributed by atoms with Gasteiger partial charge >= 0.3 is 0 Å². The van der Waals surface area contributed by atoms with E-state index in [2.05, 4.69) is 32.6 Å². The molecule has 122 valence electrons. The summed E-state index contributed by atoms with van der Waals surface area (Å²) in [6, 6.07) is 1.82. The third kappa shape index (κ3) is 4.75. The van der Waals surface area contributed by atoms with Gasteiger partial charge in [-0.2, -0.15) is 0 Å². The minimum Gasteiger partial charge on any atom is -0.364 e. The molecule has 7 nitrogen and oxygen atoms in total. The Kier molecular flexibility index (Phi) is 6.24. The van der Waals surface area contributed by atoms with Gasteiger partial charge in [0.15, 0.2) is 5.96 Å². The van der Waals surface area contributed by atoms with E-state index >= 15 is 0 Å². The Labute approximate surface area is 131 Å². The smallest absolute Gasteiger partial charge is 0.220 e. The summed E-state index contributed by atoms with van der Waals surface area (Å²) >= 11 is 0. The number of piperidine rings is 1. The van der Waals surface area contributed by atoms with Gasteiger partial charge in [-0.25, -0.2) is 4.99 Å². The highest BCUT2D eigenvalue weighted by Gasteiger charge is 2.23. The molecule has 7 heteroatoms. The molecule has 2 rings (SSSR count). The molecule has 1 aliphatic rings. The van der Waals surface area contributed by atoms with Gasteiger partial charge in [-0.15, -0.1) is 0 Å². The molecule has 1 aliphatic heterocycles. The van der Waals surface area contributed by atoms with Crippen molar-refractivity contribution in [3.8, 4) is 0 Å². The zero-order chi connectivity index (χ0) is 15.8. The van der Waals surface area contributed by atoms with Crippen molar-refractivity contribution in [1.29, 1.82) is 0 Å². The van der Waals surface area contributed by atoms with E-state index < -0.39 is 0 Å². The van der Waals surface area contributed by atoms with Crippen LogP contribution in [0, 0.1) is 5.92 Å². The van der Waals surface area contributed by atoms with Crippen molar-refractivity contribution in [3.63, 3.8) is 0 Å². The van der Waals surface area contributed by atoms with E-state index in [0.29, 0.717) is 18.9 Å². The quantitative estimate of drug-likeness (QED) is 0.626. The van der Waals surface area contributed by atoms with Crippen LogP contribution in [0.3, 0.4) is 0 Å². The molecule has 0 atom stereocenters. The van der Waals surface area contributed by atoms with E-state index in [-0.39, 0.29) is 5.91 Å². The highest BCUT2D eigenvalue weighted by atomic mass is 16.5. The number of rotatable bonds is 5. The number of likely N-dealkylation sites (tertiary alicyclic amines) is 1. The van der Waals surface area contributed by atoms with E-state index in [1.54, 1.807) is 13.3 Å². The van der Waals surface area contributed by atoms with Crippen LogP contribution >= 0.6 is 0 Å². The number of nitrogens with zero attached hydrogens (tertiary/aromatic N) is 3. The molecule has 1 fully saturated rings. The predicted molar refractivity (Wildman–Crippen MR) is 84.3 cm³/mol. The van der Waals surface area contributed by atoms with Gasteiger partial charge in [0.25, 0.3) is 0 Å². The molecule has 0 aliphatic carbocycles. The number of nitrogens with one attached hydrogen (secondary N) is 2. The zero-order valence-electron chi connectivity index (χ0n) is 13.3. The largest absolute Gasteiger partial charge is 0.364 e. The molecule has 1 aromatic rings. The van der Waals surface area contributed by atoms with E-state index in [1.165, 1.54) is 0 Å². The fraction of sp³-hybridized carbons (Fsp3) is 0.667. The van der Waals surface area contributed by atoms with Crippen molar-refractivity contribution in [2.45, 2.75) is 32.7 Å². The van der Waals surface area contributed by atoms with Crippen molar-refractivity contribution in [3.05, 3.63) is 18.0 Å². The molecule has 2 N–H and O–H groups in total. The number of amides is 1. The van der Waals surface area contributed by atoms with Gasteiger partial charge in [-0.05, 0) is 25.7 Å². The van der Waals surface area contributed by atoms with Crippen LogP contribution in [0.4, 0.5) is 0 Å². The summed E-state index contributed by atoms with van der Waals surface area (Å²) in [5.74, 6) is 1.50. The van der Waals surface area contributed by atoms with Gasteiger partial charge < -0.3 is 20.1 Å². The number of hydrogen-bond donors (Lipinski definition) is 2. The first-order valence-electron chi connectivity index (χ1n) is 7.86. The minimum absolute atomic E-state index is 0.130. The molecule has 0 aromatic carbocycles. The molecule has 2 heterocycles. The summed E-state index contributed by atoms with van der Waals surface area (Å²) in [4.78, 5) is 18.3. The number of aromatic nitrogens is 1. The van der Waals surface area contributed by atoms with Gasteiger partial charge in [-0.1, -0.05) is 5.16 Å². The molecule has 0 spiro atoms. The van der Waals surface area contributed by atoms with Crippen LogP contribution < -0.4 is 10.6 Å². The maximum Gasteiger partial charge on any atom is 0.220 e. The molecular weight excluding hydrogens is 282 g/mol. The topological polar surface area (TPSA) is 82.8 Å². The highest BCUT2D eigenvalue weighted by molar-refractivity contribution is 5.80. The standard InChI is InChI=1S/C15H25N5O2/c1-3-17-15(18-11-13-6-9-22-19-13)20-7-4-12(5-8-20)10-14(21)16-2/h6,9,12H,3-5,7-8,10-11H2,1-2H3,(H,16,21)(H,17,18). The van der Waals surface area contributed by atoms with Crippen LogP contribution in [0.2, 0.25) is 0 Å². The average molecular weight is 307 g/mol. The third-order valence-electron chi connectivity index (χ3n) is 3.88. The lowest BCUT2D eigenvalue weighted by molar-refractivity contribution is -0.121. The highest BCUT2D eigenvalue weighted by Crippen LogP contribution is 2.20. The van der Waals surface area contributed by atoms with Gasteiger partial charge in [0.1, 0.15) is 12.0 Å². The molecule has 0 bridgehead atoms. The lowest BCUT2D eigenvalue weighted by Crippen LogP contribution is -2.46. The second-order valence-corrected chi connectivity index (χ2v) is 5.47. The van der Waals surface area contributed by atoms with Crippen LogP contribution in [-0.2, 0) is 11.3 Å². The van der Waals surface area contributed by atoms with Crippen molar-refractivity contribution in [1.82, 2.24) is 20.7 Å². The number of carbonyl (C=O) groups is 1. The number of hydrogen-bond acceptors (Lipinski definition) is 4. The maximum atomic E-state index is 11.5. The van der Waals surface area contributed by atoms with Crippen LogP contribution in [0.15, 0.2) is 21.8 Å². The average Bonchev–Trinajstić information content (AvgIpc) is 3.05. The Morgan fingerprint density at radius 1 is 1.50 bits per heavy atom. The van der Waals surface area contributed by atoms with Crippen LogP contribution in [0.1, 0.15) is 31.9 Å².